The van der Waals surface area contributed by atoms with Gasteiger partial charge in [-0.05, 0) is 70.7 Å². The Hall–Kier alpha value is -4.22. The molecule has 3 nitrogen and oxygen atoms in total. The van der Waals surface area contributed by atoms with Crippen molar-refractivity contribution in [2.45, 2.75) is 52.2 Å². The molecule has 0 fully saturated rings. The van der Waals surface area contributed by atoms with Crippen LogP contribution in [-0.4, -0.2) is 18.0 Å². The van der Waals surface area contributed by atoms with Crippen molar-refractivity contribution >= 4 is 35.2 Å². The van der Waals surface area contributed by atoms with Crippen LogP contribution in [0.3, 0.4) is 0 Å². The molecular weight excluding hydrogens is 788 g/mol. The molecule has 4 aromatic carbocycles. The Morgan fingerprint density at radius 1 is 0.750 bits per heavy atom. The molecule has 0 aliphatic carbocycles. The van der Waals surface area contributed by atoms with Crippen molar-refractivity contribution in [2.24, 2.45) is 0 Å². The van der Waals surface area contributed by atoms with Gasteiger partial charge in [0.25, 0.3) is 0 Å². The number of fused-ring (bicyclic) bond motifs is 3. The Balaban J connectivity index is 0.000000224. The summed E-state index contributed by atoms with van der Waals surface area (Å²) in [7, 11) is -1.23. The zero-order chi connectivity index (χ0) is 33.0. The number of furan rings is 1. The summed E-state index contributed by atoms with van der Waals surface area (Å²) in [5, 5.41) is 3.46. The maximum atomic E-state index is 13.7. The smallest absolute Gasteiger partial charge is 0.123 e. The van der Waals surface area contributed by atoms with Gasteiger partial charge in [0, 0.05) is 37.9 Å². The summed E-state index contributed by atoms with van der Waals surface area (Å²) in [6.45, 7) is 11.4. The minimum absolute atomic E-state index is 0. The van der Waals surface area contributed by atoms with Gasteiger partial charge in [-0.25, -0.2) is 4.39 Å². The van der Waals surface area contributed by atoms with Crippen LogP contribution >= 0.6 is 0 Å². The van der Waals surface area contributed by atoms with E-state index in [9.17, 15) is 4.39 Å². The Bertz CT molecular complexity index is 2120. The molecule has 0 bridgehead atoms. The maximum absolute atomic E-state index is 13.7. The minimum Gasteiger partial charge on any atom is -0.501 e. The Kier molecular flexibility index (Phi) is 11.2. The number of hydrogen-bond donors (Lipinski definition) is 0. The van der Waals surface area contributed by atoms with Crippen LogP contribution in [0.4, 0.5) is 4.39 Å². The van der Waals surface area contributed by atoms with E-state index in [0.717, 1.165) is 68.4 Å². The molecule has 245 valence electrons. The van der Waals surface area contributed by atoms with Crippen LogP contribution in [0, 0.1) is 17.9 Å². The fourth-order valence-corrected chi connectivity index (χ4v) is 6.96. The number of halogens is 1. The van der Waals surface area contributed by atoms with Crippen molar-refractivity contribution < 1.29 is 28.9 Å². The van der Waals surface area contributed by atoms with Crippen molar-refractivity contribution in [3.05, 3.63) is 139 Å². The molecule has 0 saturated heterocycles. The van der Waals surface area contributed by atoms with E-state index in [1.54, 1.807) is 6.07 Å². The fraction of sp³-hybridized carbons (Fsp3) is 0.190. The third-order valence-electron chi connectivity index (χ3n) is 8.70. The molecule has 0 aliphatic rings. The molecule has 0 saturated carbocycles. The van der Waals surface area contributed by atoms with E-state index < -0.39 is 8.07 Å². The van der Waals surface area contributed by atoms with Crippen molar-refractivity contribution in [2.75, 3.05) is 0 Å². The van der Waals surface area contributed by atoms with E-state index in [4.69, 9.17) is 4.42 Å². The average molecular weight is 827 g/mol. The van der Waals surface area contributed by atoms with E-state index in [-0.39, 0.29) is 25.9 Å². The number of aromatic nitrogens is 2. The summed E-state index contributed by atoms with van der Waals surface area (Å²) in [6, 6.07) is 39.6. The first-order valence-corrected chi connectivity index (χ1v) is 19.8. The number of benzene rings is 4. The monoisotopic (exact) mass is 827 g/mol. The summed E-state index contributed by atoms with van der Waals surface area (Å²) in [6.07, 6.45) is 6.09. The second kappa shape index (κ2) is 15.3. The third-order valence-corrected chi connectivity index (χ3v) is 10.7. The standard InChI is InChI=1S/C28H23FNO.C14H16NSi.Ir/c1-3-18(4-2)21-13-14-30-26(16-21)25-10-6-9-24-23-12-11-20(17-27(23)31-28(24)25)19-7-5-8-22(29)15-19;1-16(2,3)13-9-10-14(15-11-13)12-7-5-4-6-8-12;/h5-9,11-18H,3-4H2,1-2H3;4-7,9-11H,1-3H3;/q2*-1;. The number of pyridine rings is 2. The molecule has 3 heterocycles. The molecule has 0 aliphatic heterocycles. The summed E-state index contributed by atoms with van der Waals surface area (Å²) in [5.74, 6) is 0.271. The summed E-state index contributed by atoms with van der Waals surface area (Å²) < 4.78 is 20.0. The van der Waals surface area contributed by atoms with E-state index >= 15 is 0 Å². The zero-order valence-electron chi connectivity index (χ0n) is 28.0. The summed E-state index contributed by atoms with van der Waals surface area (Å²) in [4.78, 5) is 9.14. The van der Waals surface area contributed by atoms with Gasteiger partial charge in [0.15, 0.2) is 0 Å². The maximum Gasteiger partial charge on any atom is 0.123 e. The molecule has 48 heavy (non-hydrogen) atoms. The van der Waals surface area contributed by atoms with Gasteiger partial charge in [0.05, 0.1) is 13.7 Å². The van der Waals surface area contributed by atoms with Crippen LogP contribution in [0.5, 0.6) is 0 Å². The van der Waals surface area contributed by atoms with Crippen LogP contribution in [0.1, 0.15) is 38.2 Å². The van der Waals surface area contributed by atoms with Crippen molar-refractivity contribution in [1.82, 2.24) is 9.97 Å². The van der Waals surface area contributed by atoms with Gasteiger partial charge in [0.2, 0.25) is 0 Å². The molecule has 1 radical (unpaired) electrons. The van der Waals surface area contributed by atoms with Gasteiger partial charge in [-0.2, -0.15) is 0 Å². The van der Waals surface area contributed by atoms with E-state index in [2.05, 4.69) is 79.9 Å². The van der Waals surface area contributed by atoms with Gasteiger partial charge in [-0.1, -0.05) is 92.5 Å². The quantitative estimate of drug-likeness (QED) is 0.119. The predicted octanol–water partition coefficient (Wildman–Crippen LogP) is 11.2. The molecule has 0 atom stereocenters. The molecule has 0 N–H and O–H groups in total. The normalized spacial score (nSPS) is 11.3. The number of hydrogen-bond acceptors (Lipinski definition) is 3. The van der Waals surface area contributed by atoms with Gasteiger partial charge >= 0.3 is 0 Å². The topological polar surface area (TPSA) is 38.9 Å². The van der Waals surface area contributed by atoms with Crippen LogP contribution in [0.15, 0.2) is 120 Å². The predicted molar refractivity (Wildman–Crippen MR) is 196 cm³/mol. The van der Waals surface area contributed by atoms with Crippen molar-refractivity contribution in [1.29, 1.82) is 0 Å². The van der Waals surface area contributed by atoms with Crippen LogP contribution in [-0.2, 0) is 20.1 Å². The number of nitrogens with zero attached hydrogens (tertiary/aromatic N) is 2. The number of rotatable bonds is 7. The first-order valence-electron chi connectivity index (χ1n) is 16.3. The fourth-order valence-electron chi connectivity index (χ4n) is 5.93. The molecule has 6 heteroatoms. The van der Waals surface area contributed by atoms with Gasteiger partial charge in [0.1, 0.15) is 11.4 Å². The van der Waals surface area contributed by atoms with Crippen LogP contribution in [0.25, 0.3) is 55.6 Å². The molecule has 0 unspecified atom stereocenters. The molecular formula is C42H39FIrN2OSi-2. The van der Waals surface area contributed by atoms with Gasteiger partial charge in [-0.15, -0.1) is 54.1 Å². The Morgan fingerprint density at radius 3 is 2.25 bits per heavy atom. The first kappa shape index (κ1) is 35.1. The first-order chi connectivity index (χ1) is 22.7. The van der Waals surface area contributed by atoms with Crippen LogP contribution in [0.2, 0.25) is 19.6 Å². The van der Waals surface area contributed by atoms with Crippen LogP contribution < -0.4 is 5.19 Å². The van der Waals surface area contributed by atoms with E-state index in [1.807, 2.05) is 73.1 Å². The average Bonchev–Trinajstić information content (AvgIpc) is 3.48. The van der Waals surface area contributed by atoms with E-state index in [0.29, 0.717) is 5.92 Å². The minimum atomic E-state index is -1.23. The van der Waals surface area contributed by atoms with Crippen molar-refractivity contribution in [3.63, 3.8) is 0 Å². The Morgan fingerprint density at radius 2 is 1.56 bits per heavy atom. The Labute approximate surface area is 297 Å². The molecule has 3 aromatic heterocycles. The molecule has 7 rings (SSSR count). The second-order valence-corrected chi connectivity index (χ2v) is 17.9. The summed E-state index contributed by atoms with van der Waals surface area (Å²) >= 11 is 0. The van der Waals surface area contributed by atoms with E-state index in [1.165, 1.54) is 22.9 Å². The molecule has 0 amide bonds. The SMILES string of the molecule is CCC(CC)c1ccnc(-c2[c-]ccc3c2oc2cc(-c4cccc(F)c4)ccc23)c1.C[Si](C)(C)c1ccc(-c2[c-]cccc2)nc1.[Ir]. The second-order valence-electron chi connectivity index (χ2n) is 12.9. The zero-order valence-corrected chi connectivity index (χ0v) is 31.4. The van der Waals surface area contributed by atoms with Gasteiger partial charge in [-0.3, -0.25) is 0 Å². The third kappa shape index (κ3) is 7.73. The van der Waals surface area contributed by atoms with Gasteiger partial charge < -0.3 is 14.4 Å². The van der Waals surface area contributed by atoms with Crippen molar-refractivity contribution in [3.8, 4) is 33.6 Å². The molecule has 7 aromatic rings. The summed E-state index contributed by atoms with van der Waals surface area (Å²) in [5.41, 5.74) is 8.40. The molecule has 0 spiro atoms. The largest absolute Gasteiger partial charge is 0.501 e.